The molecule has 1 aliphatic rings. The quantitative estimate of drug-likeness (QED) is 0.347. The number of ether oxygens (including phenoxy) is 3. The van der Waals surface area contributed by atoms with E-state index in [9.17, 15) is 4.79 Å². The Morgan fingerprint density at radius 2 is 2.24 bits per heavy atom. The van der Waals surface area contributed by atoms with Crippen molar-refractivity contribution < 1.29 is 19.0 Å². The van der Waals surface area contributed by atoms with Crippen molar-refractivity contribution in [3.63, 3.8) is 0 Å². The lowest BCUT2D eigenvalue weighted by molar-refractivity contribution is 0.0535. The van der Waals surface area contributed by atoms with Gasteiger partial charge in [0.05, 0.1) is 25.5 Å². The van der Waals surface area contributed by atoms with E-state index >= 15 is 0 Å². The number of rotatable bonds is 3. The van der Waals surface area contributed by atoms with Crippen molar-refractivity contribution in [1.82, 2.24) is 0 Å². The van der Waals surface area contributed by atoms with Crippen molar-refractivity contribution in [2.24, 2.45) is 5.11 Å². The first-order valence-electron chi connectivity index (χ1n) is 4.73. The van der Waals surface area contributed by atoms with E-state index in [2.05, 4.69) is 10.0 Å². The highest BCUT2D eigenvalue weighted by Crippen LogP contribution is 2.44. The van der Waals surface area contributed by atoms with Crippen LogP contribution >= 0.6 is 0 Å². The van der Waals surface area contributed by atoms with Gasteiger partial charge in [-0.3, -0.25) is 0 Å². The Morgan fingerprint density at radius 1 is 1.47 bits per heavy atom. The summed E-state index contributed by atoms with van der Waals surface area (Å²) in [5, 5.41) is 3.48. The van der Waals surface area contributed by atoms with E-state index in [-0.39, 0.29) is 23.6 Å². The van der Waals surface area contributed by atoms with Crippen LogP contribution in [0.1, 0.15) is 15.9 Å². The van der Waals surface area contributed by atoms with Crippen LogP contribution in [0, 0.1) is 0 Å². The average Bonchev–Trinajstić information content (AvgIpc) is 2.70. The predicted octanol–water partition coefficient (Wildman–Crippen LogP) is 2.32. The third kappa shape index (κ3) is 1.62. The summed E-state index contributed by atoms with van der Waals surface area (Å²) in [7, 11) is 2.86. The molecule has 0 spiro atoms. The largest absolute Gasteiger partial charge is 0.493 e. The molecule has 0 aromatic heterocycles. The van der Waals surface area contributed by atoms with Crippen LogP contribution in [-0.2, 0) is 11.3 Å². The van der Waals surface area contributed by atoms with Gasteiger partial charge in [0, 0.05) is 10.5 Å². The van der Waals surface area contributed by atoms with Crippen molar-refractivity contribution in [1.29, 1.82) is 0 Å². The maximum atomic E-state index is 11.5. The zero-order valence-corrected chi connectivity index (χ0v) is 9.26. The lowest BCUT2D eigenvalue weighted by Gasteiger charge is -2.11. The van der Waals surface area contributed by atoms with Gasteiger partial charge in [0.1, 0.15) is 6.61 Å². The third-order valence-electron chi connectivity index (χ3n) is 2.43. The Bertz CT molecular complexity index is 535. The Hall–Kier alpha value is -2.40. The first kappa shape index (κ1) is 11.1. The highest BCUT2D eigenvalue weighted by Gasteiger charge is 2.29. The summed E-state index contributed by atoms with van der Waals surface area (Å²) >= 11 is 0. The minimum absolute atomic E-state index is 0.104. The van der Waals surface area contributed by atoms with Gasteiger partial charge < -0.3 is 14.2 Å². The molecule has 2 rings (SSSR count). The number of nitrogens with zero attached hydrogens (tertiary/aromatic N) is 3. The normalized spacial score (nSPS) is 12.5. The molecule has 1 heterocycles. The molecule has 0 radical (unpaired) electrons. The molecular weight excluding hydrogens is 226 g/mol. The van der Waals surface area contributed by atoms with Crippen molar-refractivity contribution in [3.8, 4) is 11.5 Å². The van der Waals surface area contributed by atoms with E-state index in [1.165, 1.54) is 14.2 Å². The number of benzene rings is 1. The van der Waals surface area contributed by atoms with Crippen LogP contribution < -0.4 is 9.47 Å². The molecule has 0 bridgehead atoms. The Labute approximate surface area is 96.5 Å². The van der Waals surface area contributed by atoms with Crippen LogP contribution in [0.25, 0.3) is 10.4 Å². The standard InChI is InChI=1S/C10H9N3O4/c1-15-6-3-5-4-17-10(14)7(5)8(12-13-11)9(6)16-2/h3H,4H2,1-2H3. The molecule has 1 aromatic rings. The molecule has 0 unspecified atom stereocenters. The molecule has 88 valence electrons. The molecule has 0 saturated carbocycles. The summed E-state index contributed by atoms with van der Waals surface area (Å²) < 4.78 is 15.1. The molecule has 0 fully saturated rings. The molecule has 7 nitrogen and oxygen atoms in total. The summed E-state index contributed by atoms with van der Waals surface area (Å²) in [5.41, 5.74) is 9.49. The molecule has 7 heteroatoms. The maximum Gasteiger partial charge on any atom is 0.339 e. The average molecular weight is 235 g/mol. The molecule has 0 amide bonds. The van der Waals surface area contributed by atoms with Gasteiger partial charge in [0.2, 0.25) is 0 Å². The van der Waals surface area contributed by atoms with Gasteiger partial charge in [-0.05, 0) is 11.6 Å². The number of esters is 1. The van der Waals surface area contributed by atoms with Crippen molar-refractivity contribution in [2.45, 2.75) is 6.61 Å². The van der Waals surface area contributed by atoms with Crippen LogP contribution in [0.3, 0.4) is 0 Å². The lowest BCUT2D eigenvalue weighted by atomic mass is 10.1. The summed E-state index contributed by atoms with van der Waals surface area (Å²) in [6, 6.07) is 1.63. The fourth-order valence-electron chi connectivity index (χ4n) is 1.72. The molecule has 0 atom stereocenters. The Morgan fingerprint density at radius 3 is 2.82 bits per heavy atom. The van der Waals surface area contributed by atoms with Crippen LogP contribution in [0.5, 0.6) is 11.5 Å². The van der Waals surface area contributed by atoms with Crippen LogP contribution in [0.4, 0.5) is 5.69 Å². The number of cyclic esters (lactones) is 1. The van der Waals surface area contributed by atoms with Gasteiger partial charge in [-0.15, -0.1) is 0 Å². The monoisotopic (exact) mass is 235 g/mol. The lowest BCUT2D eigenvalue weighted by Crippen LogP contribution is -1.98. The fraction of sp³-hybridized carbons (Fsp3) is 0.300. The Balaban J connectivity index is 2.78. The summed E-state index contributed by atoms with van der Waals surface area (Å²) in [5.74, 6) is 0.0956. The number of methoxy groups -OCH3 is 2. The van der Waals surface area contributed by atoms with Gasteiger partial charge in [0.15, 0.2) is 11.5 Å². The minimum Gasteiger partial charge on any atom is -0.493 e. The number of carbonyl (C=O) groups excluding carboxylic acids is 1. The van der Waals surface area contributed by atoms with Crippen molar-refractivity contribution in [3.05, 3.63) is 27.6 Å². The molecule has 17 heavy (non-hydrogen) atoms. The predicted molar refractivity (Wildman–Crippen MR) is 57.5 cm³/mol. The van der Waals surface area contributed by atoms with E-state index in [1.807, 2.05) is 0 Å². The van der Waals surface area contributed by atoms with Gasteiger partial charge in [-0.1, -0.05) is 5.11 Å². The van der Waals surface area contributed by atoms with Crippen LogP contribution in [-0.4, -0.2) is 20.2 Å². The topological polar surface area (TPSA) is 93.5 Å². The number of carbonyl (C=O) groups is 1. The molecule has 0 N–H and O–H groups in total. The van der Waals surface area contributed by atoms with Gasteiger partial charge >= 0.3 is 5.97 Å². The Kier molecular flexibility index (Phi) is 2.76. The zero-order chi connectivity index (χ0) is 12.4. The van der Waals surface area contributed by atoms with Gasteiger partial charge in [0.25, 0.3) is 0 Å². The maximum absolute atomic E-state index is 11.5. The second-order valence-corrected chi connectivity index (χ2v) is 3.26. The van der Waals surface area contributed by atoms with Crippen molar-refractivity contribution >= 4 is 11.7 Å². The first-order chi connectivity index (χ1) is 8.22. The number of azide groups is 1. The molecule has 0 saturated heterocycles. The van der Waals surface area contributed by atoms with E-state index in [4.69, 9.17) is 19.7 Å². The van der Waals surface area contributed by atoms with E-state index < -0.39 is 5.97 Å². The summed E-state index contributed by atoms with van der Waals surface area (Å²) in [6.45, 7) is 0.141. The third-order valence-corrected chi connectivity index (χ3v) is 2.43. The second kappa shape index (κ2) is 4.23. The SMILES string of the molecule is COc1cc2c(c(N=[N+]=[N-])c1OC)C(=O)OC2. The summed E-state index contributed by atoms with van der Waals surface area (Å²) in [6.07, 6.45) is 0. The van der Waals surface area contributed by atoms with Crippen LogP contribution in [0.2, 0.25) is 0 Å². The molecular formula is C10H9N3O4. The molecule has 0 aliphatic carbocycles. The number of fused-ring (bicyclic) bond motifs is 1. The van der Waals surface area contributed by atoms with Gasteiger partial charge in [-0.25, -0.2) is 4.79 Å². The smallest absolute Gasteiger partial charge is 0.339 e. The van der Waals surface area contributed by atoms with Crippen molar-refractivity contribution in [2.75, 3.05) is 14.2 Å². The first-order valence-corrected chi connectivity index (χ1v) is 4.73. The molecule has 1 aromatic carbocycles. The van der Waals surface area contributed by atoms with E-state index in [0.717, 1.165) is 0 Å². The van der Waals surface area contributed by atoms with Gasteiger partial charge in [-0.2, -0.15) is 0 Å². The zero-order valence-electron chi connectivity index (χ0n) is 9.26. The van der Waals surface area contributed by atoms with Crippen LogP contribution in [0.15, 0.2) is 11.2 Å². The summed E-state index contributed by atoms with van der Waals surface area (Å²) in [4.78, 5) is 14.2. The highest BCUT2D eigenvalue weighted by molar-refractivity contribution is 6.00. The fourth-order valence-corrected chi connectivity index (χ4v) is 1.72. The number of hydrogen-bond donors (Lipinski definition) is 0. The number of hydrogen-bond acceptors (Lipinski definition) is 5. The minimum atomic E-state index is -0.525. The van der Waals surface area contributed by atoms with E-state index in [0.29, 0.717) is 11.3 Å². The van der Waals surface area contributed by atoms with E-state index in [1.54, 1.807) is 6.07 Å². The second-order valence-electron chi connectivity index (χ2n) is 3.26. The molecule has 1 aliphatic heterocycles. The highest BCUT2D eigenvalue weighted by atomic mass is 16.5.